The lowest BCUT2D eigenvalue weighted by Crippen LogP contribution is -2.28. The molecular formula is C14H26F2O. The van der Waals surface area contributed by atoms with Gasteiger partial charge in [-0.2, -0.15) is 0 Å². The predicted octanol–water partition coefficient (Wildman–Crippen LogP) is 4.39. The van der Waals surface area contributed by atoms with E-state index in [1.165, 1.54) is 0 Å². The van der Waals surface area contributed by atoms with Crippen LogP contribution in [-0.2, 0) is 0 Å². The minimum atomic E-state index is -2.49. The average molecular weight is 248 g/mol. The maximum absolute atomic E-state index is 13.2. The van der Waals surface area contributed by atoms with Crippen molar-refractivity contribution in [2.45, 2.75) is 77.7 Å². The van der Waals surface area contributed by atoms with Crippen LogP contribution in [0, 0.1) is 11.3 Å². The molecule has 1 aliphatic carbocycles. The fourth-order valence-corrected chi connectivity index (χ4v) is 2.58. The highest BCUT2D eigenvalue weighted by Crippen LogP contribution is 2.39. The number of aliphatic hydroxyl groups excluding tert-OH is 1. The van der Waals surface area contributed by atoms with Crippen molar-refractivity contribution in [1.29, 1.82) is 0 Å². The van der Waals surface area contributed by atoms with Crippen molar-refractivity contribution in [2.24, 2.45) is 11.3 Å². The number of hydrogen-bond acceptors (Lipinski definition) is 1. The lowest BCUT2D eigenvalue weighted by Gasteiger charge is -2.30. The molecule has 0 amide bonds. The van der Waals surface area contributed by atoms with Crippen molar-refractivity contribution in [3.8, 4) is 0 Å². The topological polar surface area (TPSA) is 20.2 Å². The molecule has 1 N–H and O–H groups in total. The monoisotopic (exact) mass is 248 g/mol. The van der Waals surface area contributed by atoms with E-state index in [0.29, 0.717) is 12.8 Å². The number of halogens is 2. The van der Waals surface area contributed by atoms with E-state index in [2.05, 4.69) is 20.8 Å². The molecule has 17 heavy (non-hydrogen) atoms. The highest BCUT2D eigenvalue weighted by atomic mass is 19.3. The number of hydrogen-bond donors (Lipinski definition) is 1. The van der Waals surface area contributed by atoms with E-state index in [9.17, 15) is 13.9 Å². The second kappa shape index (κ2) is 5.64. The molecule has 2 unspecified atom stereocenters. The molecule has 1 fully saturated rings. The van der Waals surface area contributed by atoms with Crippen LogP contribution in [0.3, 0.4) is 0 Å². The minimum Gasteiger partial charge on any atom is -0.393 e. The quantitative estimate of drug-likeness (QED) is 0.782. The van der Waals surface area contributed by atoms with Crippen molar-refractivity contribution in [3.63, 3.8) is 0 Å². The van der Waals surface area contributed by atoms with Gasteiger partial charge in [-0.1, -0.05) is 20.8 Å². The summed E-state index contributed by atoms with van der Waals surface area (Å²) in [7, 11) is 0. The van der Waals surface area contributed by atoms with Gasteiger partial charge < -0.3 is 5.11 Å². The molecule has 0 spiro atoms. The van der Waals surface area contributed by atoms with Crippen LogP contribution in [0.1, 0.15) is 65.7 Å². The SMILES string of the molecule is CC(C)(C)CCC(O)CC1CCCC(F)(F)C1. The van der Waals surface area contributed by atoms with Crippen molar-refractivity contribution in [3.05, 3.63) is 0 Å². The highest BCUT2D eigenvalue weighted by molar-refractivity contribution is 4.80. The van der Waals surface area contributed by atoms with Crippen LogP contribution in [-0.4, -0.2) is 17.1 Å². The first-order chi connectivity index (χ1) is 7.68. The van der Waals surface area contributed by atoms with Crippen LogP contribution in [0.2, 0.25) is 0 Å². The van der Waals surface area contributed by atoms with E-state index < -0.39 is 12.0 Å². The summed E-state index contributed by atoms with van der Waals surface area (Å²) in [6.07, 6.45) is 3.26. The van der Waals surface area contributed by atoms with Gasteiger partial charge in [0.1, 0.15) is 0 Å². The van der Waals surface area contributed by atoms with Gasteiger partial charge in [0.05, 0.1) is 6.10 Å². The minimum absolute atomic E-state index is 0.00807. The van der Waals surface area contributed by atoms with Crippen LogP contribution >= 0.6 is 0 Å². The molecule has 1 saturated carbocycles. The molecule has 2 atom stereocenters. The van der Waals surface area contributed by atoms with Crippen LogP contribution in [0.25, 0.3) is 0 Å². The Bertz CT molecular complexity index is 233. The normalized spacial score (nSPS) is 26.8. The molecule has 0 aromatic carbocycles. The maximum Gasteiger partial charge on any atom is 0.248 e. The second-order valence-electron chi connectivity index (χ2n) is 6.81. The van der Waals surface area contributed by atoms with Gasteiger partial charge in [-0.05, 0) is 43.4 Å². The zero-order chi connectivity index (χ0) is 13.1. The molecule has 3 heteroatoms. The third-order valence-corrected chi connectivity index (χ3v) is 3.58. The van der Waals surface area contributed by atoms with Crippen LogP contribution in [0.15, 0.2) is 0 Å². The Balaban J connectivity index is 2.28. The van der Waals surface area contributed by atoms with Gasteiger partial charge in [-0.25, -0.2) is 8.78 Å². The summed E-state index contributed by atoms with van der Waals surface area (Å²) >= 11 is 0. The third kappa shape index (κ3) is 6.35. The molecule has 0 aliphatic heterocycles. The second-order valence-corrected chi connectivity index (χ2v) is 6.81. The zero-order valence-electron chi connectivity index (χ0n) is 11.3. The Morgan fingerprint density at radius 2 is 2.00 bits per heavy atom. The van der Waals surface area contributed by atoms with Gasteiger partial charge in [0.2, 0.25) is 5.92 Å². The van der Waals surface area contributed by atoms with E-state index in [1.54, 1.807) is 0 Å². The zero-order valence-corrected chi connectivity index (χ0v) is 11.3. The third-order valence-electron chi connectivity index (χ3n) is 3.58. The molecule has 1 aliphatic rings. The standard InChI is InChI=1S/C14H26F2O/c1-13(2,3)8-6-12(17)9-11-5-4-7-14(15,16)10-11/h11-12,17H,4-10H2,1-3H3. The van der Waals surface area contributed by atoms with Crippen LogP contribution < -0.4 is 0 Å². The first kappa shape index (κ1) is 14.9. The Kier molecular flexibility index (Phi) is 4.94. The van der Waals surface area contributed by atoms with E-state index in [0.717, 1.165) is 19.3 Å². The summed E-state index contributed by atoms with van der Waals surface area (Å²) in [6, 6.07) is 0. The van der Waals surface area contributed by atoms with Gasteiger partial charge in [-0.3, -0.25) is 0 Å². The number of alkyl halides is 2. The highest BCUT2D eigenvalue weighted by Gasteiger charge is 2.36. The van der Waals surface area contributed by atoms with Gasteiger partial charge in [0, 0.05) is 12.8 Å². The van der Waals surface area contributed by atoms with Crippen LogP contribution in [0.4, 0.5) is 8.78 Å². The first-order valence-electron chi connectivity index (χ1n) is 6.74. The Hall–Kier alpha value is -0.180. The lowest BCUT2D eigenvalue weighted by molar-refractivity contribution is -0.0595. The molecule has 0 aromatic heterocycles. The number of aliphatic hydroxyl groups is 1. The molecule has 102 valence electrons. The summed E-state index contributed by atoms with van der Waals surface area (Å²) in [5.74, 6) is -2.49. The molecule has 1 nitrogen and oxygen atoms in total. The molecule has 0 bridgehead atoms. The van der Waals surface area contributed by atoms with Gasteiger partial charge >= 0.3 is 0 Å². The van der Waals surface area contributed by atoms with Crippen molar-refractivity contribution >= 4 is 0 Å². The van der Waals surface area contributed by atoms with Crippen molar-refractivity contribution in [2.75, 3.05) is 0 Å². The Morgan fingerprint density at radius 1 is 1.35 bits per heavy atom. The summed E-state index contributed by atoms with van der Waals surface area (Å²) in [6.45, 7) is 6.40. The summed E-state index contributed by atoms with van der Waals surface area (Å²) in [5, 5.41) is 9.89. The summed E-state index contributed by atoms with van der Waals surface area (Å²) in [4.78, 5) is 0. The molecule has 1 rings (SSSR count). The van der Waals surface area contributed by atoms with Crippen LogP contribution in [0.5, 0.6) is 0 Å². The van der Waals surface area contributed by atoms with Crippen molar-refractivity contribution in [1.82, 2.24) is 0 Å². The van der Waals surface area contributed by atoms with E-state index >= 15 is 0 Å². The Morgan fingerprint density at radius 3 is 2.53 bits per heavy atom. The average Bonchev–Trinajstić information content (AvgIpc) is 2.12. The predicted molar refractivity (Wildman–Crippen MR) is 66.2 cm³/mol. The molecule has 0 radical (unpaired) electrons. The largest absolute Gasteiger partial charge is 0.393 e. The van der Waals surface area contributed by atoms with Gasteiger partial charge in [0.25, 0.3) is 0 Å². The summed E-state index contributed by atoms with van der Waals surface area (Å²) < 4.78 is 26.4. The fraction of sp³-hybridized carbons (Fsp3) is 1.00. The molecule has 0 saturated heterocycles. The van der Waals surface area contributed by atoms with Gasteiger partial charge in [-0.15, -0.1) is 0 Å². The Labute approximate surface area is 104 Å². The number of rotatable bonds is 4. The fourth-order valence-electron chi connectivity index (χ4n) is 2.58. The smallest absolute Gasteiger partial charge is 0.248 e. The summed E-state index contributed by atoms with van der Waals surface area (Å²) in [5.41, 5.74) is 0.206. The van der Waals surface area contributed by atoms with E-state index in [4.69, 9.17) is 0 Å². The van der Waals surface area contributed by atoms with E-state index in [1.807, 2.05) is 0 Å². The molecular weight excluding hydrogens is 222 g/mol. The molecule has 0 heterocycles. The van der Waals surface area contributed by atoms with Gasteiger partial charge in [0.15, 0.2) is 0 Å². The van der Waals surface area contributed by atoms with Crippen molar-refractivity contribution < 1.29 is 13.9 Å². The molecule has 0 aromatic rings. The van der Waals surface area contributed by atoms with E-state index in [-0.39, 0.29) is 24.2 Å². The maximum atomic E-state index is 13.2. The lowest BCUT2D eigenvalue weighted by atomic mass is 9.81. The first-order valence-corrected chi connectivity index (χ1v) is 6.74.